The Labute approximate surface area is 85.1 Å². The van der Waals surface area contributed by atoms with Gasteiger partial charge in [0.1, 0.15) is 5.78 Å². The summed E-state index contributed by atoms with van der Waals surface area (Å²) in [5, 5.41) is 0. The Morgan fingerprint density at radius 3 is 2.57 bits per heavy atom. The van der Waals surface area contributed by atoms with Gasteiger partial charge in [-0.15, -0.1) is 0 Å². The van der Waals surface area contributed by atoms with Gasteiger partial charge in [-0.05, 0) is 24.3 Å². The fraction of sp³-hybridized carbons (Fsp3) is 0.462. The van der Waals surface area contributed by atoms with Crippen LogP contribution in [0.15, 0.2) is 30.3 Å². The summed E-state index contributed by atoms with van der Waals surface area (Å²) in [6.45, 7) is 2.17. The highest BCUT2D eigenvalue weighted by Gasteiger charge is 2.29. The molecule has 1 aliphatic carbocycles. The van der Waals surface area contributed by atoms with Crippen LogP contribution < -0.4 is 0 Å². The zero-order chi connectivity index (χ0) is 9.97. The predicted molar refractivity (Wildman–Crippen MR) is 57.0 cm³/mol. The van der Waals surface area contributed by atoms with Gasteiger partial charge in [0.05, 0.1) is 0 Å². The summed E-state index contributed by atoms with van der Waals surface area (Å²) >= 11 is 0. The molecule has 0 unspecified atom stereocenters. The van der Waals surface area contributed by atoms with Crippen LogP contribution in [0.2, 0.25) is 0 Å². The first-order valence-corrected chi connectivity index (χ1v) is 5.32. The van der Waals surface area contributed by atoms with Crippen LogP contribution in [0.5, 0.6) is 0 Å². The van der Waals surface area contributed by atoms with Crippen molar-refractivity contribution in [2.45, 2.75) is 26.2 Å². The van der Waals surface area contributed by atoms with Gasteiger partial charge in [0.25, 0.3) is 0 Å². The van der Waals surface area contributed by atoms with Crippen molar-refractivity contribution in [3.8, 4) is 0 Å². The Bertz CT molecular complexity index is 315. The van der Waals surface area contributed by atoms with Gasteiger partial charge in [-0.3, -0.25) is 4.79 Å². The maximum absolute atomic E-state index is 11.6. The van der Waals surface area contributed by atoms with Gasteiger partial charge in [0.15, 0.2) is 0 Å². The van der Waals surface area contributed by atoms with Crippen LogP contribution in [-0.2, 0) is 11.2 Å². The van der Waals surface area contributed by atoms with Crippen LogP contribution in [0.4, 0.5) is 0 Å². The maximum atomic E-state index is 11.6. The second-order valence-electron chi connectivity index (χ2n) is 4.40. The van der Waals surface area contributed by atoms with E-state index >= 15 is 0 Å². The zero-order valence-electron chi connectivity index (χ0n) is 8.57. The van der Waals surface area contributed by atoms with Crippen LogP contribution in [0.3, 0.4) is 0 Å². The highest BCUT2D eigenvalue weighted by molar-refractivity contribution is 5.83. The van der Waals surface area contributed by atoms with Crippen molar-refractivity contribution >= 4 is 5.78 Å². The molecule has 1 fully saturated rings. The number of hydrogen-bond donors (Lipinski definition) is 0. The molecule has 14 heavy (non-hydrogen) atoms. The summed E-state index contributed by atoms with van der Waals surface area (Å²) in [6.07, 6.45) is 2.80. The summed E-state index contributed by atoms with van der Waals surface area (Å²) in [5.74, 6) is 1.34. The highest BCUT2D eigenvalue weighted by Crippen LogP contribution is 2.29. The third-order valence-corrected chi connectivity index (χ3v) is 3.02. The van der Waals surface area contributed by atoms with E-state index in [2.05, 4.69) is 19.1 Å². The lowest BCUT2D eigenvalue weighted by atomic mass is 9.96. The Morgan fingerprint density at radius 2 is 2.00 bits per heavy atom. The van der Waals surface area contributed by atoms with Gasteiger partial charge in [0, 0.05) is 12.3 Å². The van der Waals surface area contributed by atoms with Crippen molar-refractivity contribution < 1.29 is 4.79 Å². The number of Topliss-reactive ketones (excluding diaryl/α,β-unsaturated/α-hetero) is 1. The molecule has 1 nitrogen and oxygen atoms in total. The minimum Gasteiger partial charge on any atom is -0.299 e. The first-order chi connectivity index (χ1) is 6.75. The fourth-order valence-corrected chi connectivity index (χ4v) is 2.31. The van der Waals surface area contributed by atoms with Crippen molar-refractivity contribution in [2.75, 3.05) is 0 Å². The Kier molecular flexibility index (Phi) is 2.67. The van der Waals surface area contributed by atoms with E-state index in [4.69, 9.17) is 0 Å². The standard InChI is InChI=1S/C13H16O/c1-10-7-12(13(14)8-10)9-11-5-3-2-4-6-11/h2-6,10,12H,7-9H2,1H3/t10-,12+/m1/s1. The smallest absolute Gasteiger partial charge is 0.136 e. The van der Waals surface area contributed by atoms with Crippen LogP contribution in [-0.4, -0.2) is 5.78 Å². The molecule has 1 saturated carbocycles. The Balaban J connectivity index is 2.02. The summed E-state index contributed by atoms with van der Waals surface area (Å²) in [4.78, 5) is 11.6. The molecule has 0 bridgehead atoms. The van der Waals surface area contributed by atoms with Crippen molar-refractivity contribution in [1.82, 2.24) is 0 Å². The summed E-state index contributed by atoms with van der Waals surface area (Å²) < 4.78 is 0. The molecule has 74 valence electrons. The first-order valence-electron chi connectivity index (χ1n) is 5.32. The van der Waals surface area contributed by atoms with Crippen molar-refractivity contribution in [3.05, 3.63) is 35.9 Å². The molecular formula is C13H16O. The zero-order valence-corrected chi connectivity index (χ0v) is 8.57. The summed E-state index contributed by atoms with van der Waals surface area (Å²) in [6, 6.07) is 10.3. The SMILES string of the molecule is C[C@H]1CC(=O)[C@H](Cc2ccccc2)C1. The molecule has 1 aromatic rings. The average Bonchev–Trinajstić information content (AvgIpc) is 2.47. The highest BCUT2D eigenvalue weighted by atomic mass is 16.1. The van der Waals surface area contributed by atoms with Gasteiger partial charge in [0.2, 0.25) is 0 Å². The van der Waals surface area contributed by atoms with E-state index in [9.17, 15) is 4.79 Å². The Morgan fingerprint density at radius 1 is 1.29 bits per heavy atom. The maximum Gasteiger partial charge on any atom is 0.136 e. The van der Waals surface area contributed by atoms with E-state index in [1.165, 1.54) is 5.56 Å². The molecule has 0 heterocycles. The van der Waals surface area contributed by atoms with Gasteiger partial charge in [-0.25, -0.2) is 0 Å². The van der Waals surface area contributed by atoms with Crippen LogP contribution in [0.1, 0.15) is 25.3 Å². The second kappa shape index (κ2) is 3.95. The lowest BCUT2D eigenvalue weighted by Crippen LogP contribution is -2.09. The van der Waals surface area contributed by atoms with E-state index in [0.717, 1.165) is 19.3 Å². The van der Waals surface area contributed by atoms with Gasteiger partial charge in [-0.2, -0.15) is 0 Å². The number of rotatable bonds is 2. The minimum atomic E-state index is 0.285. The number of benzene rings is 1. The van der Waals surface area contributed by atoms with Crippen molar-refractivity contribution in [3.63, 3.8) is 0 Å². The molecule has 0 radical (unpaired) electrons. The Hall–Kier alpha value is -1.11. The molecule has 2 rings (SSSR count). The van der Waals surface area contributed by atoms with E-state index < -0.39 is 0 Å². The normalized spacial score (nSPS) is 26.8. The lowest BCUT2D eigenvalue weighted by molar-refractivity contribution is -0.120. The molecule has 1 aromatic carbocycles. The molecule has 0 spiro atoms. The molecule has 0 amide bonds. The quantitative estimate of drug-likeness (QED) is 0.697. The van der Waals surface area contributed by atoms with E-state index in [1.807, 2.05) is 18.2 Å². The molecule has 0 aromatic heterocycles. The van der Waals surface area contributed by atoms with E-state index in [-0.39, 0.29) is 5.92 Å². The summed E-state index contributed by atoms with van der Waals surface area (Å²) in [5.41, 5.74) is 1.29. The van der Waals surface area contributed by atoms with Gasteiger partial charge >= 0.3 is 0 Å². The van der Waals surface area contributed by atoms with E-state index in [1.54, 1.807) is 0 Å². The lowest BCUT2D eigenvalue weighted by Gasteiger charge is -2.07. The van der Waals surface area contributed by atoms with E-state index in [0.29, 0.717) is 11.7 Å². The first kappa shape index (κ1) is 9.45. The molecule has 0 N–H and O–H groups in total. The molecule has 1 aliphatic rings. The molecule has 1 heteroatoms. The number of carbonyl (C=O) groups excluding carboxylic acids is 1. The van der Waals surface area contributed by atoms with Crippen LogP contribution >= 0.6 is 0 Å². The van der Waals surface area contributed by atoms with Crippen LogP contribution in [0, 0.1) is 11.8 Å². The third-order valence-electron chi connectivity index (χ3n) is 3.02. The number of carbonyl (C=O) groups is 1. The molecular weight excluding hydrogens is 172 g/mol. The average molecular weight is 188 g/mol. The third kappa shape index (κ3) is 2.03. The predicted octanol–water partition coefficient (Wildman–Crippen LogP) is 2.84. The summed E-state index contributed by atoms with van der Waals surface area (Å²) in [7, 11) is 0. The second-order valence-corrected chi connectivity index (χ2v) is 4.40. The molecule has 0 saturated heterocycles. The minimum absolute atomic E-state index is 0.285. The van der Waals surface area contributed by atoms with Crippen molar-refractivity contribution in [2.24, 2.45) is 11.8 Å². The fourth-order valence-electron chi connectivity index (χ4n) is 2.31. The van der Waals surface area contributed by atoms with Crippen molar-refractivity contribution in [1.29, 1.82) is 0 Å². The number of hydrogen-bond acceptors (Lipinski definition) is 1. The molecule has 2 atom stereocenters. The van der Waals surface area contributed by atoms with Crippen LogP contribution in [0.25, 0.3) is 0 Å². The molecule has 0 aliphatic heterocycles. The largest absolute Gasteiger partial charge is 0.299 e. The topological polar surface area (TPSA) is 17.1 Å². The number of ketones is 1. The van der Waals surface area contributed by atoms with Gasteiger partial charge < -0.3 is 0 Å². The monoisotopic (exact) mass is 188 g/mol. The van der Waals surface area contributed by atoms with Gasteiger partial charge in [-0.1, -0.05) is 37.3 Å².